The molecule has 0 aliphatic heterocycles. The van der Waals surface area contributed by atoms with E-state index >= 15 is 0 Å². The first-order valence-electron chi connectivity index (χ1n) is 6.36. The number of carbonyl (C=O) groups is 2. The summed E-state index contributed by atoms with van der Waals surface area (Å²) in [5.41, 5.74) is 0.907. The minimum absolute atomic E-state index is 0.0182. The normalized spacial score (nSPS) is 11.7. The number of hydrogen-bond donors (Lipinski definition) is 2. The Labute approximate surface area is 112 Å². The predicted molar refractivity (Wildman–Crippen MR) is 71.0 cm³/mol. The van der Waals surface area contributed by atoms with Gasteiger partial charge in [0.15, 0.2) is 0 Å². The van der Waals surface area contributed by atoms with Crippen molar-refractivity contribution in [3.63, 3.8) is 0 Å². The highest BCUT2D eigenvalue weighted by Crippen LogP contribution is 2.02. The van der Waals surface area contributed by atoms with Crippen LogP contribution in [0.2, 0.25) is 0 Å². The molecule has 19 heavy (non-hydrogen) atoms. The summed E-state index contributed by atoms with van der Waals surface area (Å²) in [5.74, 6) is -1.54. The Morgan fingerprint density at radius 2 is 1.84 bits per heavy atom. The molecule has 1 aromatic carbocycles. The van der Waals surface area contributed by atoms with Gasteiger partial charge in [-0.15, -0.1) is 0 Å². The number of rotatable bonds is 5. The smallest absolute Gasteiger partial charge is 0.309 e. The number of benzene rings is 1. The van der Waals surface area contributed by atoms with Gasteiger partial charge < -0.3 is 10.6 Å². The first-order valence-corrected chi connectivity index (χ1v) is 6.36. The van der Waals surface area contributed by atoms with E-state index < -0.39 is 11.8 Å². The van der Waals surface area contributed by atoms with Crippen LogP contribution in [0, 0.1) is 5.82 Å². The van der Waals surface area contributed by atoms with E-state index in [4.69, 9.17) is 0 Å². The molecule has 0 saturated carbocycles. The van der Waals surface area contributed by atoms with Gasteiger partial charge in [0.25, 0.3) is 0 Å². The quantitative estimate of drug-likeness (QED) is 0.791. The fraction of sp³-hybridized carbons (Fsp3) is 0.429. The largest absolute Gasteiger partial charge is 0.348 e. The molecule has 1 aromatic rings. The summed E-state index contributed by atoms with van der Waals surface area (Å²) >= 11 is 0. The maximum Gasteiger partial charge on any atom is 0.309 e. The molecule has 1 atom stereocenters. The van der Waals surface area contributed by atoms with E-state index in [1.54, 1.807) is 12.1 Å². The van der Waals surface area contributed by atoms with E-state index in [1.165, 1.54) is 12.1 Å². The minimum atomic E-state index is -0.637. The Hall–Kier alpha value is -1.91. The fourth-order valence-electron chi connectivity index (χ4n) is 1.44. The van der Waals surface area contributed by atoms with Crippen molar-refractivity contribution < 1.29 is 14.0 Å². The van der Waals surface area contributed by atoms with E-state index in [2.05, 4.69) is 10.6 Å². The molecule has 0 spiro atoms. The highest BCUT2D eigenvalue weighted by atomic mass is 19.1. The van der Waals surface area contributed by atoms with Gasteiger partial charge in [-0.1, -0.05) is 19.1 Å². The molecule has 1 rings (SSSR count). The van der Waals surface area contributed by atoms with E-state index in [9.17, 15) is 14.0 Å². The van der Waals surface area contributed by atoms with Crippen molar-refractivity contribution in [2.75, 3.05) is 6.54 Å². The van der Waals surface area contributed by atoms with Crippen LogP contribution in [-0.4, -0.2) is 24.4 Å². The lowest BCUT2D eigenvalue weighted by molar-refractivity contribution is -0.139. The van der Waals surface area contributed by atoms with Gasteiger partial charge >= 0.3 is 11.8 Å². The lowest BCUT2D eigenvalue weighted by Gasteiger charge is -2.11. The molecule has 0 bridgehead atoms. The molecular formula is C14H19FN2O2. The van der Waals surface area contributed by atoms with Crippen LogP contribution in [0.15, 0.2) is 24.3 Å². The molecule has 0 radical (unpaired) electrons. The molecule has 5 heteroatoms. The molecule has 0 fully saturated rings. The average Bonchev–Trinajstić information content (AvgIpc) is 2.40. The summed E-state index contributed by atoms with van der Waals surface area (Å²) in [4.78, 5) is 22.9. The van der Waals surface area contributed by atoms with Crippen molar-refractivity contribution in [3.8, 4) is 0 Å². The monoisotopic (exact) mass is 266 g/mol. The molecular weight excluding hydrogens is 247 g/mol. The van der Waals surface area contributed by atoms with Gasteiger partial charge in [0.2, 0.25) is 0 Å². The lowest BCUT2D eigenvalue weighted by Crippen LogP contribution is -2.43. The van der Waals surface area contributed by atoms with Crippen LogP contribution in [-0.2, 0) is 16.0 Å². The third-order valence-electron chi connectivity index (χ3n) is 2.81. The van der Waals surface area contributed by atoms with Crippen LogP contribution in [0.1, 0.15) is 25.8 Å². The summed E-state index contributed by atoms with van der Waals surface area (Å²) in [6, 6.07) is 6.02. The minimum Gasteiger partial charge on any atom is -0.348 e. The van der Waals surface area contributed by atoms with Gasteiger partial charge in [0, 0.05) is 12.6 Å². The standard InChI is InChI=1S/C14H19FN2O2/c1-3-10(2)17-14(19)13(18)16-9-8-11-4-6-12(15)7-5-11/h4-7,10H,3,8-9H2,1-2H3,(H,16,18)(H,17,19). The molecule has 2 N–H and O–H groups in total. The van der Waals surface area contributed by atoms with Gasteiger partial charge in [-0.05, 0) is 37.5 Å². The van der Waals surface area contributed by atoms with E-state index in [1.807, 2.05) is 13.8 Å². The van der Waals surface area contributed by atoms with E-state index in [0.717, 1.165) is 12.0 Å². The van der Waals surface area contributed by atoms with Gasteiger partial charge in [-0.25, -0.2) is 4.39 Å². The summed E-state index contributed by atoms with van der Waals surface area (Å²) < 4.78 is 12.7. The van der Waals surface area contributed by atoms with Crippen LogP contribution in [0.5, 0.6) is 0 Å². The highest BCUT2D eigenvalue weighted by Gasteiger charge is 2.14. The van der Waals surface area contributed by atoms with Gasteiger partial charge in [0.05, 0.1) is 0 Å². The Balaban J connectivity index is 2.30. The molecule has 0 heterocycles. The van der Waals surface area contributed by atoms with Gasteiger partial charge in [-0.3, -0.25) is 9.59 Å². The lowest BCUT2D eigenvalue weighted by atomic mass is 10.1. The van der Waals surface area contributed by atoms with Crippen molar-refractivity contribution in [1.29, 1.82) is 0 Å². The molecule has 2 amide bonds. The summed E-state index contributed by atoms with van der Waals surface area (Å²) in [6.07, 6.45) is 1.33. The van der Waals surface area contributed by atoms with Crippen LogP contribution in [0.25, 0.3) is 0 Å². The van der Waals surface area contributed by atoms with Crippen molar-refractivity contribution in [3.05, 3.63) is 35.6 Å². The number of hydrogen-bond acceptors (Lipinski definition) is 2. The van der Waals surface area contributed by atoms with Gasteiger partial charge in [-0.2, -0.15) is 0 Å². The molecule has 0 saturated heterocycles. The molecule has 0 aliphatic rings. The molecule has 0 aromatic heterocycles. The zero-order valence-electron chi connectivity index (χ0n) is 11.2. The van der Waals surface area contributed by atoms with Crippen LogP contribution in [0.4, 0.5) is 4.39 Å². The Morgan fingerprint density at radius 3 is 2.42 bits per heavy atom. The number of halogens is 1. The van der Waals surface area contributed by atoms with Crippen molar-refractivity contribution in [2.24, 2.45) is 0 Å². The number of nitrogens with one attached hydrogen (secondary N) is 2. The molecule has 1 unspecified atom stereocenters. The summed E-state index contributed by atoms with van der Waals surface area (Å²) in [5, 5.41) is 5.12. The van der Waals surface area contributed by atoms with E-state index in [0.29, 0.717) is 13.0 Å². The van der Waals surface area contributed by atoms with Crippen LogP contribution < -0.4 is 10.6 Å². The zero-order valence-corrected chi connectivity index (χ0v) is 11.2. The Kier molecular flexibility index (Phi) is 5.99. The zero-order chi connectivity index (χ0) is 14.3. The van der Waals surface area contributed by atoms with Crippen molar-refractivity contribution in [2.45, 2.75) is 32.7 Å². The average molecular weight is 266 g/mol. The second-order valence-corrected chi connectivity index (χ2v) is 4.42. The Morgan fingerprint density at radius 1 is 1.21 bits per heavy atom. The Bertz CT molecular complexity index is 432. The third-order valence-corrected chi connectivity index (χ3v) is 2.81. The topological polar surface area (TPSA) is 58.2 Å². The second-order valence-electron chi connectivity index (χ2n) is 4.42. The maximum absolute atomic E-state index is 12.7. The number of amides is 2. The molecule has 0 aliphatic carbocycles. The first-order chi connectivity index (χ1) is 9.02. The highest BCUT2D eigenvalue weighted by molar-refractivity contribution is 6.35. The molecule has 4 nitrogen and oxygen atoms in total. The van der Waals surface area contributed by atoms with Crippen molar-refractivity contribution in [1.82, 2.24) is 10.6 Å². The fourth-order valence-corrected chi connectivity index (χ4v) is 1.44. The van der Waals surface area contributed by atoms with Crippen LogP contribution >= 0.6 is 0 Å². The summed E-state index contributed by atoms with van der Waals surface area (Å²) in [7, 11) is 0. The SMILES string of the molecule is CCC(C)NC(=O)C(=O)NCCc1ccc(F)cc1. The number of carbonyl (C=O) groups excluding carboxylic acids is 2. The van der Waals surface area contributed by atoms with E-state index in [-0.39, 0.29) is 11.9 Å². The second kappa shape index (κ2) is 7.51. The van der Waals surface area contributed by atoms with Crippen LogP contribution in [0.3, 0.4) is 0 Å². The summed E-state index contributed by atoms with van der Waals surface area (Å²) in [6.45, 7) is 4.11. The van der Waals surface area contributed by atoms with Gasteiger partial charge in [0.1, 0.15) is 5.82 Å². The predicted octanol–water partition coefficient (Wildman–Crippen LogP) is 1.40. The molecule has 104 valence electrons. The first kappa shape index (κ1) is 15.1. The van der Waals surface area contributed by atoms with Crippen molar-refractivity contribution >= 4 is 11.8 Å². The maximum atomic E-state index is 12.7. The third kappa shape index (κ3) is 5.50.